The van der Waals surface area contributed by atoms with E-state index in [1.54, 1.807) is 0 Å². The van der Waals surface area contributed by atoms with E-state index in [0.29, 0.717) is 19.1 Å². The normalized spacial score (nSPS) is 20.4. The fourth-order valence-electron chi connectivity index (χ4n) is 1.49. The Morgan fingerprint density at radius 3 is 2.71 bits per heavy atom. The van der Waals surface area contributed by atoms with Crippen molar-refractivity contribution >= 4 is 5.97 Å². The van der Waals surface area contributed by atoms with Crippen LogP contribution in [0.1, 0.15) is 26.7 Å². The van der Waals surface area contributed by atoms with Crippen LogP contribution >= 0.6 is 0 Å². The van der Waals surface area contributed by atoms with Crippen LogP contribution in [-0.2, 0) is 9.53 Å². The number of ether oxygens (including phenoxy) is 1. The topological polar surface area (TPSA) is 58.6 Å². The molecule has 0 aromatic rings. The molecule has 0 heterocycles. The highest BCUT2D eigenvalue weighted by Gasteiger charge is 2.36. The van der Waals surface area contributed by atoms with Crippen LogP contribution in [-0.4, -0.2) is 36.4 Å². The minimum atomic E-state index is -0.740. The Morgan fingerprint density at radius 2 is 2.29 bits per heavy atom. The first-order chi connectivity index (χ1) is 6.65. The second-order valence-corrected chi connectivity index (χ2v) is 3.88. The van der Waals surface area contributed by atoms with Gasteiger partial charge in [0, 0.05) is 12.6 Å². The number of carboxylic acid groups (broad SMARTS) is 1. The van der Waals surface area contributed by atoms with Crippen LogP contribution in [0.25, 0.3) is 0 Å². The maximum Gasteiger partial charge on any atom is 0.320 e. The number of hydrogen-bond acceptors (Lipinski definition) is 3. The molecule has 2 N–H and O–H groups in total. The summed E-state index contributed by atoms with van der Waals surface area (Å²) >= 11 is 0. The van der Waals surface area contributed by atoms with Crippen molar-refractivity contribution in [3.63, 3.8) is 0 Å². The molecule has 1 aliphatic carbocycles. The second kappa shape index (κ2) is 5.32. The monoisotopic (exact) mass is 201 g/mol. The summed E-state index contributed by atoms with van der Waals surface area (Å²) in [6.07, 6.45) is 2.07. The lowest BCUT2D eigenvalue weighted by Crippen LogP contribution is -2.45. The summed E-state index contributed by atoms with van der Waals surface area (Å²) in [5.41, 5.74) is 0. The van der Waals surface area contributed by atoms with Gasteiger partial charge in [-0.2, -0.15) is 0 Å². The average Bonchev–Trinajstić information content (AvgIpc) is 2.93. The smallest absolute Gasteiger partial charge is 0.320 e. The highest BCUT2D eigenvalue weighted by atomic mass is 16.5. The molecular formula is C10H19NO3. The van der Waals surface area contributed by atoms with E-state index in [0.717, 1.165) is 12.8 Å². The van der Waals surface area contributed by atoms with Crippen molar-refractivity contribution in [1.29, 1.82) is 0 Å². The molecule has 14 heavy (non-hydrogen) atoms. The van der Waals surface area contributed by atoms with E-state index in [4.69, 9.17) is 9.84 Å². The molecule has 0 aromatic heterocycles. The number of rotatable bonds is 7. The van der Waals surface area contributed by atoms with Gasteiger partial charge in [-0.1, -0.05) is 0 Å². The van der Waals surface area contributed by atoms with E-state index >= 15 is 0 Å². The van der Waals surface area contributed by atoms with Crippen molar-refractivity contribution in [1.82, 2.24) is 5.32 Å². The first-order valence-corrected chi connectivity index (χ1v) is 5.21. The number of hydrogen-bond donors (Lipinski definition) is 2. The molecule has 82 valence electrons. The zero-order chi connectivity index (χ0) is 10.6. The first-order valence-electron chi connectivity index (χ1n) is 5.21. The van der Waals surface area contributed by atoms with Crippen LogP contribution in [0.15, 0.2) is 0 Å². The van der Waals surface area contributed by atoms with Crippen molar-refractivity contribution in [2.75, 3.05) is 13.2 Å². The SMILES string of the molecule is CCOCC(C)NC(C(=O)O)C1CC1. The summed E-state index contributed by atoms with van der Waals surface area (Å²) in [5.74, 6) is -0.410. The predicted octanol–water partition coefficient (Wildman–Crippen LogP) is 0.864. The molecule has 0 spiro atoms. The predicted molar refractivity (Wildman–Crippen MR) is 53.2 cm³/mol. The average molecular weight is 201 g/mol. The maximum absolute atomic E-state index is 10.9. The van der Waals surface area contributed by atoms with Crippen LogP contribution < -0.4 is 5.32 Å². The van der Waals surface area contributed by atoms with Crippen molar-refractivity contribution in [2.24, 2.45) is 5.92 Å². The van der Waals surface area contributed by atoms with Crippen LogP contribution in [0, 0.1) is 5.92 Å². The molecule has 0 bridgehead atoms. The zero-order valence-corrected chi connectivity index (χ0v) is 8.82. The van der Waals surface area contributed by atoms with Crippen molar-refractivity contribution < 1.29 is 14.6 Å². The molecule has 4 heteroatoms. The van der Waals surface area contributed by atoms with E-state index < -0.39 is 5.97 Å². The van der Waals surface area contributed by atoms with E-state index in [1.807, 2.05) is 13.8 Å². The highest BCUT2D eigenvalue weighted by molar-refractivity contribution is 5.74. The Labute approximate surface area is 84.6 Å². The Balaban J connectivity index is 2.27. The maximum atomic E-state index is 10.9. The zero-order valence-electron chi connectivity index (χ0n) is 8.82. The lowest BCUT2D eigenvalue weighted by atomic mass is 10.1. The molecule has 1 rings (SSSR count). The standard InChI is InChI=1S/C10H19NO3/c1-3-14-6-7(2)11-9(10(12)13)8-4-5-8/h7-9,11H,3-6H2,1-2H3,(H,12,13). The lowest BCUT2D eigenvalue weighted by Gasteiger charge is -2.19. The molecule has 0 radical (unpaired) electrons. The van der Waals surface area contributed by atoms with Crippen molar-refractivity contribution in [3.8, 4) is 0 Å². The molecule has 1 fully saturated rings. The first kappa shape index (κ1) is 11.5. The summed E-state index contributed by atoms with van der Waals surface area (Å²) in [7, 11) is 0. The van der Waals surface area contributed by atoms with Gasteiger partial charge in [-0.25, -0.2) is 0 Å². The highest BCUT2D eigenvalue weighted by Crippen LogP contribution is 2.32. The van der Waals surface area contributed by atoms with Crippen LogP contribution in [0.2, 0.25) is 0 Å². The van der Waals surface area contributed by atoms with Gasteiger partial charge in [-0.05, 0) is 32.6 Å². The summed E-state index contributed by atoms with van der Waals surface area (Å²) in [6, 6.07) is -0.276. The molecule has 1 saturated carbocycles. The number of nitrogens with one attached hydrogen (secondary N) is 1. The van der Waals surface area contributed by atoms with Gasteiger partial charge in [0.25, 0.3) is 0 Å². The minimum absolute atomic E-state index is 0.108. The Kier molecular flexibility index (Phi) is 4.35. The van der Waals surface area contributed by atoms with E-state index in [2.05, 4.69) is 5.32 Å². The molecular weight excluding hydrogens is 182 g/mol. The van der Waals surface area contributed by atoms with Gasteiger partial charge >= 0.3 is 5.97 Å². The molecule has 2 unspecified atom stereocenters. The largest absolute Gasteiger partial charge is 0.480 e. The molecule has 0 aliphatic heterocycles. The van der Waals surface area contributed by atoms with Crippen LogP contribution in [0.5, 0.6) is 0 Å². The molecule has 1 aliphatic rings. The molecule has 4 nitrogen and oxygen atoms in total. The van der Waals surface area contributed by atoms with E-state index in [9.17, 15) is 4.79 Å². The quantitative estimate of drug-likeness (QED) is 0.641. The van der Waals surface area contributed by atoms with E-state index in [-0.39, 0.29) is 12.1 Å². The summed E-state index contributed by atoms with van der Waals surface area (Å²) < 4.78 is 5.22. The number of aliphatic carboxylic acids is 1. The lowest BCUT2D eigenvalue weighted by molar-refractivity contribution is -0.140. The summed E-state index contributed by atoms with van der Waals surface area (Å²) in [4.78, 5) is 10.9. The third-order valence-electron chi connectivity index (χ3n) is 2.40. The summed E-state index contributed by atoms with van der Waals surface area (Å²) in [5, 5.41) is 12.0. The minimum Gasteiger partial charge on any atom is -0.480 e. The Morgan fingerprint density at radius 1 is 1.64 bits per heavy atom. The number of carboxylic acids is 1. The Hall–Kier alpha value is -0.610. The van der Waals surface area contributed by atoms with Gasteiger partial charge in [0.05, 0.1) is 6.61 Å². The van der Waals surface area contributed by atoms with Crippen LogP contribution in [0.4, 0.5) is 0 Å². The van der Waals surface area contributed by atoms with Gasteiger partial charge in [0.1, 0.15) is 6.04 Å². The second-order valence-electron chi connectivity index (χ2n) is 3.88. The fraction of sp³-hybridized carbons (Fsp3) is 0.900. The Bertz CT molecular complexity index is 192. The van der Waals surface area contributed by atoms with Gasteiger partial charge in [-0.15, -0.1) is 0 Å². The van der Waals surface area contributed by atoms with Crippen LogP contribution in [0.3, 0.4) is 0 Å². The third kappa shape index (κ3) is 3.64. The summed E-state index contributed by atoms with van der Waals surface area (Å²) in [6.45, 7) is 5.14. The molecule has 0 aromatic carbocycles. The fourth-order valence-corrected chi connectivity index (χ4v) is 1.49. The van der Waals surface area contributed by atoms with E-state index in [1.165, 1.54) is 0 Å². The van der Waals surface area contributed by atoms with Gasteiger partial charge < -0.3 is 9.84 Å². The molecule has 2 atom stereocenters. The van der Waals surface area contributed by atoms with Gasteiger partial charge in [0.15, 0.2) is 0 Å². The van der Waals surface area contributed by atoms with Gasteiger partial charge in [0.2, 0.25) is 0 Å². The molecule has 0 amide bonds. The third-order valence-corrected chi connectivity index (χ3v) is 2.40. The molecule has 0 saturated heterocycles. The number of carbonyl (C=O) groups is 1. The van der Waals surface area contributed by atoms with Crippen molar-refractivity contribution in [2.45, 2.75) is 38.8 Å². The van der Waals surface area contributed by atoms with Crippen molar-refractivity contribution in [3.05, 3.63) is 0 Å². The van der Waals surface area contributed by atoms with Gasteiger partial charge in [-0.3, -0.25) is 10.1 Å².